The molecule has 1 atom stereocenters. The monoisotopic (exact) mass is 262 g/mol. The van der Waals surface area contributed by atoms with Gasteiger partial charge in [0.2, 0.25) is 12.7 Å². The van der Waals surface area contributed by atoms with Gasteiger partial charge in [-0.1, -0.05) is 12.8 Å². The predicted octanol–water partition coefficient (Wildman–Crippen LogP) is 1.89. The zero-order valence-corrected chi connectivity index (χ0v) is 10.8. The van der Waals surface area contributed by atoms with Crippen molar-refractivity contribution in [2.45, 2.75) is 31.7 Å². The molecule has 5 nitrogen and oxygen atoms in total. The second kappa shape index (κ2) is 5.48. The number of rotatable bonds is 2. The molecule has 0 aromatic heterocycles. The molecule has 1 aromatic carbocycles. The number of hydrogen-bond acceptors (Lipinski definition) is 4. The molecular weight excluding hydrogens is 244 g/mol. The van der Waals surface area contributed by atoms with E-state index in [4.69, 9.17) is 9.47 Å². The van der Waals surface area contributed by atoms with Crippen LogP contribution in [-0.4, -0.2) is 25.3 Å². The van der Waals surface area contributed by atoms with E-state index in [9.17, 15) is 4.79 Å². The van der Waals surface area contributed by atoms with Crippen LogP contribution in [0.15, 0.2) is 18.2 Å². The number of hydrogen-bond donors (Lipinski definition) is 2. The van der Waals surface area contributed by atoms with E-state index in [0.717, 1.165) is 37.2 Å². The molecule has 102 valence electrons. The first-order chi connectivity index (χ1) is 9.33. The third-order valence-corrected chi connectivity index (χ3v) is 3.52. The molecule has 0 saturated carbocycles. The fourth-order valence-corrected chi connectivity index (χ4v) is 2.46. The van der Waals surface area contributed by atoms with E-state index in [1.165, 1.54) is 6.42 Å². The fraction of sp³-hybridized carbons (Fsp3) is 0.500. The van der Waals surface area contributed by atoms with Crippen LogP contribution in [0.2, 0.25) is 0 Å². The molecule has 0 spiro atoms. The average molecular weight is 262 g/mol. The van der Waals surface area contributed by atoms with Gasteiger partial charge in [0, 0.05) is 11.8 Å². The third-order valence-electron chi connectivity index (χ3n) is 3.52. The minimum atomic E-state index is -0.0899. The van der Waals surface area contributed by atoms with Crippen LogP contribution in [0, 0.1) is 0 Å². The average Bonchev–Trinajstić information content (AvgIpc) is 2.71. The maximum Gasteiger partial charge on any atom is 0.241 e. The lowest BCUT2D eigenvalue weighted by Crippen LogP contribution is -2.39. The summed E-state index contributed by atoms with van der Waals surface area (Å²) < 4.78 is 10.5. The highest BCUT2D eigenvalue weighted by Gasteiger charge is 2.20. The molecule has 5 heteroatoms. The quantitative estimate of drug-likeness (QED) is 0.854. The lowest BCUT2D eigenvalue weighted by atomic mass is 10.1. The van der Waals surface area contributed by atoms with Gasteiger partial charge in [-0.2, -0.15) is 0 Å². The first kappa shape index (κ1) is 12.3. The second-order valence-corrected chi connectivity index (χ2v) is 4.91. The van der Waals surface area contributed by atoms with Crippen molar-refractivity contribution in [1.29, 1.82) is 0 Å². The Labute approximate surface area is 112 Å². The Kier molecular flexibility index (Phi) is 3.55. The Morgan fingerprint density at radius 3 is 3.05 bits per heavy atom. The van der Waals surface area contributed by atoms with Gasteiger partial charge >= 0.3 is 0 Å². The zero-order valence-electron chi connectivity index (χ0n) is 10.8. The molecule has 0 radical (unpaired) electrons. The van der Waals surface area contributed by atoms with Crippen LogP contribution in [0.3, 0.4) is 0 Å². The summed E-state index contributed by atoms with van der Waals surface area (Å²) in [6, 6.07) is 5.37. The molecule has 2 N–H and O–H groups in total. The molecule has 0 bridgehead atoms. The van der Waals surface area contributed by atoms with Crippen molar-refractivity contribution in [3.05, 3.63) is 18.2 Å². The molecule has 2 aliphatic rings. The van der Waals surface area contributed by atoms with Crippen LogP contribution in [0.5, 0.6) is 11.5 Å². The molecule has 0 aliphatic carbocycles. The topological polar surface area (TPSA) is 59.6 Å². The summed E-state index contributed by atoms with van der Waals surface area (Å²) in [7, 11) is 0. The van der Waals surface area contributed by atoms with E-state index < -0.39 is 0 Å². The van der Waals surface area contributed by atoms with E-state index in [1.807, 2.05) is 12.1 Å². The molecule has 2 aliphatic heterocycles. The summed E-state index contributed by atoms with van der Waals surface area (Å²) in [5.41, 5.74) is 0.750. The van der Waals surface area contributed by atoms with Gasteiger partial charge in [0.25, 0.3) is 0 Å². The van der Waals surface area contributed by atoms with Crippen molar-refractivity contribution in [1.82, 2.24) is 5.32 Å². The van der Waals surface area contributed by atoms with Crippen LogP contribution < -0.4 is 20.1 Å². The van der Waals surface area contributed by atoms with Crippen molar-refractivity contribution in [3.63, 3.8) is 0 Å². The Hall–Kier alpha value is -1.75. The molecule has 3 rings (SSSR count). The van der Waals surface area contributed by atoms with Crippen molar-refractivity contribution in [3.8, 4) is 11.5 Å². The zero-order chi connectivity index (χ0) is 13.1. The maximum atomic E-state index is 12.2. The van der Waals surface area contributed by atoms with Gasteiger partial charge in [-0.15, -0.1) is 0 Å². The van der Waals surface area contributed by atoms with Gasteiger partial charge < -0.3 is 20.1 Å². The standard InChI is InChI=1S/C14H18N2O3/c17-14(11-4-2-1-3-7-15-11)16-10-5-6-12-13(8-10)19-9-18-12/h5-6,8,11,15H,1-4,7,9H2,(H,16,17). The van der Waals surface area contributed by atoms with Gasteiger partial charge in [-0.25, -0.2) is 0 Å². The largest absolute Gasteiger partial charge is 0.454 e. The third kappa shape index (κ3) is 2.81. The fourth-order valence-electron chi connectivity index (χ4n) is 2.46. The van der Waals surface area contributed by atoms with E-state index >= 15 is 0 Å². The Balaban J connectivity index is 1.65. The van der Waals surface area contributed by atoms with Crippen LogP contribution in [0.4, 0.5) is 5.69 Å². The predicted molar refractivity (Wildman–Crippen MR) is 71.5 cm³/mol. The summed E-state index contributed by atoms with van der Waals surface area (Å²) in [4.78, 5) is 12.2. The van der Waals surface area contributed by atoms with E-state index in [-0.39, 0.29) is 18.7 Å². The summed E-state index contributed by atoms with van der Waals surface area (Å²) >= 11 is 0. The van der Waals surface area contributed by atoms with Crippen LogP contribution in [0.25, 0.3) is 0 Å². The summed E-state index contributed by atoms with van der Waals surface area (Å²) in [6.07, 6.45) is 4.34. The molecule has 1 unspecified atom stereocenters. The van der Waals surface area contributed by atoms with E-state index in [1.54, 1.807) is 6.07 Å². The van der Waals surface area contributed by atoms with Crippen molar-refractivity contribution in [2.24, 2.45) is 0 Å². The van der Waals surface area contributed by atoms with Gasteiger partial charge in [-0.3, -0.25) is 4.79 Å². The normalized spacial score (nSPS) is 21.8. The Bertz CT molecular complexity index is 468. The first-order valence-electron chi connectivity index (χ1n) is 6.77. The van der Waals surface area contributed by atoms with Crippen LogP contribution in [-0.2, 0) is 4.79 Å². The molecule has 1 amide bonds. The minimum Gasteiger partial charge on any atom is -0.454 e. The van der Waals surface area contributed by atoms with Crippen LogP contribution >= 0.6 is 0 Å². The molecule has 2 heterocycles. The Morgan fingerprint density at radius 1 is 1.21 bits per heavy atom. The highest BCUT2D eigenvalue weighted by atomic mass is 16.7. The number of anilines is 1. The number of carbonyl (C=O) groups is 1. The van der Waals surface area contributed by atoms with E-state index in [2.05, 4.69) is 10.6 Å². The lowest BCUT2D eigenvalue weighted by Gasteiger charge is -2.15. The highest BCUT2D eigenvalue weighted by Crippen LogP contribution is 2.34. The van der Waals surface area contributed by atoms with E-state index in [0.29, 0.717) is 5.75 Å². The molecule has 1 saturated heterocycles. The minimum absolute atomic E-state index is 0.0285. The Morgan fingerprint density at radius 2 is 2.11 bits per heavy atom. The highest BCUT2D eigenvalue weighted by molar-refractivity contribution is 5.95. The lowest BCUT2D eigenvalue weighted by molar-refractivity contribution is -0.118. The van der Waals surface area contributed by atoms with Gasteiger partial charge in [0.05, 0.1) is 6.04 Å². The summed E-state index contributed by atoms with van der Waals surface area (Å²) in [6.45, 7) is 1.16. The number of fused-ring (bicyclic) bond motifs is 1. The SMILES string of the molecule is O=C(Nc1ccc2c(c1)OCO2)C1CCCCCN1. The maximum absolute atomic E-state index is 12.2. The van der Waals surface area contributed by atoms with Gasteiger partial charge in [-0.05, 0) is 31.5 Å². The molecular formula is C14H18N2O3. The van der Waals surface area contributed by atoms with Crippen molar-refractivity contribution < 1.29 is 14.3 Å². The van der Waals surface area contributed by atoms with Crippen LogP contribution in [0.1, 0.15) is 25.7 Å². The van der Waals surface area contributed by atoms with Crippen molar-refractivity contribution >= 4 is 11.6 Å². The van der Waals surface area contributed by atoms with Gasteiger partial charge in [0.15, 0.2) is 11.5 Å². The molecule has 19 heavy (non-hydrogen) atoms. The number of amides is 1. The first-order valence-corrected chi connectivity index (χ1v) is 6.77. The number of carbonyl (C=O) groups excluding carboxylic acids is 1. The van der Waals surface area contributed by atoms with Gasteiger partial charge in [0.1, 0.15) is 0 Å². The number of ether oxygens (including phenoxy) is 2. The number of nitrogens with one attached hydrogen (secondary N) is 2. The van der Waals surface area contributed by atoms with Crippen molar-refractivity contribution in [2.75, 3.05) is 18.7 Å². The second-order valence-electron chi connectivity index (χ2n) is 4.91. The smallest absolute Gasteiger partial charge is 0.241 e. The molecule has 1 aromatic rings. The summed E-state index contributed by atoms with van der Waals surface area (Å²) in [5.74, 6) is 1.44. The number of benzene rings is 1. The molecule has 1 fully saturated rings. The summed E-state index contributed by atoms with van der Waals surface area (Å²) in [5, 5.41) is 6.22.